The number of rotatable bonds is 4. The van der Waals surface area contributed by atoms with Gasteiger partial charge in [0.2, 0.25) is 0 Å². The predicted octanol–water partition coefficient (Wildman–Crippen LogP) is 10.2. The molecule has 0 spiro atoms. The van der Waals surface area contributed by atoms with Crippen molar-refractivity contribution in [2.45, 2.75) is 74.0 Å². The first-order chi connectivity index (χ1) is 16.6. The lowest BCUT2D eigenvalue weighted by Gasteiger charge is -2.39. The van der Waals surface area contributed by atoms with E-state index >= 15 is 0 Å². The van der Waals surface area contributed by atoms with Crippen LogP contribution >= 0.6 is 10.0 Å². The highest BCUT2D eigenvalue weighted by atomic mass is 32.3. The molecule has 0 aliphatic carbocycles. The zero-order valence-electron chi connectivity index (χ0n) is 22.1. The van der Waals surface area contributed by atoms with Crippen molar-refractivity contribution in [1.82, 2.24) is 0 Å². The van der Waals surface area contributed by atoms with E-state index in [9.17, 15) is 0 Å². The summed E-state index contributed by atoms with van der Waals surface area (Å²) >= 11 is 0. The van der Waals surface area contributed by atoms with Crippen LogP contribution in [0.1, 0.15) is 52.7 Å². The standard InChI is InChI=1S/C34H38S/c1-33(2,3)23-25-15-19-27(20-16-25)35(28-21-17-26(18-22-28)24-34(4,5)6)31-13-9-7-11-29(31)30-12-8-10-14-32(30)35/h7-22H,23-24H2,1-6H3. The Bertz CT molecular complexity index is 1220. The fourth-order valence-corrected chi connectivity index (χ4v) is 9.72. The van der Waals surface area contributed by atoms with Crippen molar-refractivity contribution in [3.05, 3.63) is 108 Å². The number of hydrogen-bond donors (Lipinski definition) is 0. The van der Waals surface area contributed by atoms with E-state index in [1.807, 2.05) is 0 Å². The lowest BCUT2D eigenvalue weighted by molar-refractivity contribution is 0.411. The molecule has 4 aromatic rings. The molecule has 4 aromatic carbocycles. The van der Waals surface area contributed by atoms with Crippen molar-refractivity contribution in [1.29, 1.82) is 0 Å². The molecule has 5 rings (SSSR count). The summed E-state index contributed by atoms with van der Waals surface area (Å²) in [5.74, 6) is 0. The quantitative estimate of drug-likeness (QED) is 0.241. The van der Waals surface area contributed by atoms with Crippen molar-refractivity contribution in [2.24, 2.45) is 10.8 Å². The lowest BCUT2D eigenvalue weighted by Crippen LogP contribution is -2.10. The molecule has 1 aliphatic heterocycles. The van der Waals surface area contributed by atoms with E-state index in [0.29, 0.717) is 0 Å². The van der Waals surface area contributed by atoms with Gasteiger partial charge in [-0.3, -0.25) is 0 Å². The second-order valence-electron chi connectivity index (χ2n) is 12.4. The van der Waals surface area contributed by atoms with Crippen molar-refractivity contribution in [3.63, 3.8) is 0 Å². The zero-order chi connectivity index (χ0) is 24.8. The third-order valence-electron chi connectivity index (χ3n) is 6.75. The second kappa shape index (κ2) is 8.71. The maximum Gasteiger partial charge on any atom is 0.0102 e. The first-order valence-corrected chi connectivity index (χ1v) is 14.4. The lowest BCUT2D eigenvalue weighted by atomic mass is 9.88. The first kappa shape index (κ1) is 23.9. The third kappa shape index (κ3) is 4.47. The van der Waals surface area contributed by atoms with E-state index in [1.165, 1.54) is 41.8 Å². The van der Waals surface area contributed by atoms with E-state index < -0.39 is 10.0 Å². The van der Waals surface area contributed by atoms with Gasteiger partial charge in [-0.15, -0.1) is 10.0 Å². The van der Waals surface area contributed by atoms with Crippen LogP contribution in [0.5, 0.6) is 0 Å². The van der Waals surface area contributed by atoms with Crippen LogP contribution in [0.15, 0.2) is 117 Å². The Labute approximate surface area is 213 Å². The van der Waals surface area contributed by atoms with Crippen LogP contribution in [0.4, 0.5) is 0 Å². The SMILES string of the molecule is CC(C)(C)Cc1ccc(S2(c3ccc(CC(C)(C)C)cc3)c3ccccc3-c3ccccc32)cc1. The molecule has 0 atom stereocenters. The molecule has 35 heavy (non-hydrogen) atoms. The topological polar surface area (TPSA) is 0 Å². The van der Waals surface area contributed by atoms with E-state index in [2.05, 4.69) is 139 Å². The Morgan fingerprint density at radius 1 is 0.457 bits per heavy atom. The molecule has 0 unspecified atom stereocenters. The summed E-state index contributed by atoms with van der Waals surface area (Å²) in [6, 6.07) is 37.3. The summed E-state index contributed by atoms with van der Waals surface area (Å²) in [7, 11) is -1.56. The average Bonchev–Trinajstić information content (AvgIpc) is 3.10. The van der Waals surface area contributed by atoms with Gasteiger partial charge in [0.05, 0.1) is 0 Å². The van der Waals surface area contributed by atoms with E-state index in [-0.39, 0.29) is 10.8 Å². The van der Waals surface area contributed by atoms with E-state index in [0.717, 1.165) is 12.8 Å². The molecule has 1 aliphatic rings. The van der Waals surface area contributed by atoms with Gasteiger partial charge in [-0.05, 0) is 82.3 Å². The fourth-order valence-electron chi connectivity index (χ4n) is 5.52. The van der Waals surface area contributed by atoms with E-state index in [1.54, 1.807) is 0 Å². The van der Waals surface area contributed by atoms with Gasteiger partial charge in [-0.2, -0.15) is 0 Å². The molecule has 0 amide bonds. The van der Waals surface area contributed by atoms with Gasteiger partial charge in [-0.1, -0.05) is 102 Å². The van der Waals surface area contributed by atoms with Gasteiger partial charge in [0.25, 0.3) is 0 Å². The van der Waals surface area contributed by atoms with Gasteiger partial charge < -0.3 is 0 Å². The van der Waals surface area contributed by atoms with Gasteiger partial charge in [0.1, 0.15) is 0 Å². The summed E-state index contributed by atoms with van der Waals surface area (Å²) in [4.78, 5) is 5.79. The molecule has 0 radical (unpaired) electrons. The normalized spacial score (nSPS) is 15.4. The van der Waals surface area contributed by atoms with Crippen LogP contribution in [0.3, 0.4) is 0 Å². The van der Waals surface area contributed by atoms with Crippen LogP contribution in [0.2, 0.25) is 0 Å². The summed E-state index contributed by atoms with van der Waals surface area (Å²) in [6.45, 7) is 13.9. The molecular formula is C34H38S. The van der Waals surface area contributed by atoms with Crippen LogP contribution < -0.4 is 0 Å². The molecule has 0 saturated carbocycles. The molecule has 0 fully saturated rings. The van der Waals surface area contributed by atoms with Crippen LogP contribution in [0.25, 0.3) is 11.1 Å². The number of benzene rings is 4. The maximum atomic E-state index is 2.42. The predicted molar refractivity (Wildman–Crippen MR) is 152 cm³/mol. The Kier molecular flexibility index (Phi) is 5.96. The Morgan fingerprint density at radius 3 is 1.14 bits per heavy atom. The number of fused-ring (bicyclic) bond motifs is 3. The average molecular weight is 479 g/mol. The highest BCUT2D eigenvalue weighted by molar-refractivity contribution is 8.34. The molecule has 0 nitrogen and oxygen atoms in total. The van der Waals surface area contributed by atoms with Crippen molar-refractivity contribution < 1.29 is 0 Å². The monoisotopic (exact) mass is 478 g/mol. The van der Waals surface area contributed by atoms with Crippen molar-refractivity contribution in [3.8, 4) is 11.1 Å². The number of hydrogen-bond acceptors (Lipinski definition) is 0. The van der Waals surface area contributed by atoms with Gasteiger partial charge in [-0.25, -0.2) is 0 Å². The highest BCUT2D eigenvalue weighted by Gasteiger charge is 2.41. The highest BCUT2D eigenvalue weighted by Crippen LogP contribution is 2.79. The molecule has 0 saturated heterocycles. The Morgan fingerprint density at radius 2 is 0.800 bits per heavy atom. The summed E-state index contributed by atoms with van der Waals surface area (Å²) in [6.07, 6.45) is 2.18. The maximum absolute atomic E-state index is 2.42. The van der Waals surface area contributed by atoms with Crippen LogP contribution in [-0.4, -0.2) is 0 Å². The minimum atomic E-state index is -1.56. The van der Waals surface area contributed by atoms with Gasteiger partial charge >= 0.3 is 0 Å². The second-order valence-corrected chi connectivity index (χ2v) is 15.4. The molecule has 0 bridgehead atoms. The minimum absolute atomic E-state index is 0.279. The summed E-state index contributed by atoms with van der Waals surface area (Å²) < 4.78 is 0. The van der Waals surface area contributed by atoms with Gasteiger partial charge in [0, 0.05) is 19.6 Å². The summed E-state index contributed by atoms with van der Waals surface area (Å²) in [5, 5.41) is 0. The van der Waals surface area contributed by atoms with E-state index in [4.69, 9.17) is 0 Å². The van der Waals surface area contributed by atoms with Crippen molar-refractivity contribution in [2.75, 3.05) is 0 Å². The van der Waals surface area contributed by atoms with Crippen LogP contribution in [0, 0.1) is 10.8 Å². The zero-order valence-corrected chi connectivity index (χ0v) is 22.9. The molecule has 0 aromatic heterocycles. The van der Waals surface area contributed by atoms with Gasteiger partial charge in [0.15, 0.2) is 0 Å². The molecule has 180 valence electrons. The smallest absolute Gasteiger partial charge is 0.0102 e. The summed E-state index contributed by atoms with van der Waals surface area (Å²) in [5.41, 5.74) is 6.15. The molecular weight excluding hydrogens is 440 g/mol. The largest absolute Gasteiger partial charge is 0.132 e. The Balaban J connectivity index is 1.73. The first-order valence-electron chi connectivity index (χ1n) is 12.8. The minimum Gasteiger partial charge on any atom is -0.132 e. The Hall–Kier alpha value is -2.77. The molecule has 1 heteroatoms. The molecule has 0 N–H and O–H groups in total. The van der Waals surface area contributed by atoms with Crippen molar-refractivity contribution >= 4 is 10.0 Å². The third-order valence-corrected chi connectivity index (χ3v) is 10.7. The molecule has 1 heterocycles. The van der Waals surface area contributed by atoms with Crippen LogP contribution in [-0.2, 0) is 12.8 Å². The fraction of sp³-hybridized carbons (Fsp3) is 0.294.